The third kappa shape index (κ3) is 2.36. The molecule has 0 aliphatic carbocycles. The number of hydrogen-bond donors (Lipinski definition) is 0. The first kappa shape index (κ1) is 13.0. The summed E-state index contributed by atoms with van der Waals surface area (Å²) in [6.07, 6.45) is 2.07. The fourth-order valence-electron chi connectivity index (χ4n) is 3.05. The molecule has 2 aromatic rings. The summed E-state index contributed by atoms with van der Waals surface area (Å²) in [7, 11) is 0. The van der Waals surface area contributed by atoms with Crippen molar-refractivity contribution in [2.24, 2.45) is 0 Å². The third-order valence-electron chi connectivity index (χ3n) is 4.07. The van der Waals surface area contributed by atoms with Crippen molar-refractivity contribution in [1.29, 1.82) is 0 Å². The zero-order valence-electron chi connectivity index (χ0n) is 11.8. The molecule has 2 aromatic heterocycles. The van der Waals surface area contributed by atoms with Crippen LogP contribution < -0.4 is 9.80 Å². The predicted octanol–water partition coefficient (Wildman–Crippen LogP) is 1.34. The zero-order valence-corrected chi connectivity index (χ0v) is 12.7. The van der Waals surface area contributed by atoms with Gasteiger partial charge in [-0.15, -0.1) is 16.4 Å². The SMILES string of the molecule is Cc1ccc(N2CCO[C@H]3CN(c4nccs4)C[C@H]32)nn1. The molecule has 0 amide bonds. The molecule has 110 valence electrons. The first-order chi connectivity index (χ1) is 10.3. The summed E-state index contributed by atoms with van der Waals surface area (Å²) in [4.78, 5) is 9.04. The second-order valence-electron chi connectivity index (χ2n) is 5.42. The number of rotatable bonds is 2. The van der Waals surface area contributed by atoms with Gasteiger partial charge in [-0.25, -0.2) is 4.98 Å². The van der Waals surface area contributed by atoms with Crippen molar-refractivity contribution < 1.29 is 4.74 Å². The molecule has 0 spiro atoms. The van der Waals surface area contributed by atoms with Gasteiger partial charge in [0.05, 0.1) is 24.4 Å². The van der Waals surface area contributed by atoms with Gasteiger partial charge in [0.15, 0.2) is 10.9 Å². The normalized spacial score (nSPS) is 25.2. The molecular formula is C14H17N5OS. The van der Waals surface area contributed by atoms with Crippen molar-refractivity contribution in [3.8, 4) is 0 Å². The maximum atomic E-state index is 5.95. The van der Waals surface area contributed by atoms with Gasteiger partial charge in [-0.05, 0) is 19.1 Å². The molecule has 0 unspecified atom stereocenters. The van der Waals surface area contributed by atoms with E-state index in [-0.39, 0.29) is 6.10 Å². The van der Waals surface area contributed by atoms with E-state index in [9.17, 15) is 0 Å². The third-order valence-corrected chi connectivity index (χ3v) is 4.90. The molecule has 0 saturated carbocycles. The van der Waals surface area contributed by atoms with E-state index in [0.29, 0.717) is 6.04 Å². The average molecular weight is 303 g/mol. The molecule has 0 radical (unpaired) electrons. The Morgan fingerprint density at radius 2 is 2.24 bits per heavy atom. The lowest BCUT2D eigenvalue weighted by molar-refractivity contribution is 0.0352. The van der Waals surface area contributed by atoms with Crippen LogP contribution in [0.2, 0.25) is 0 Å². The van der Waals surface area contributed by atoms with Crippen molar-refractivity contribution in [3.63, 3.8) is 0 Å². The fourth-order valence-corrected chi connectivity index (χ4v) is 3.71. The molecule has 2 fully saturated rings. The summed E-state index contributed by atoms with van der Waals surface area (Å²) >= 11 is 1.68. The molecule has 2 saturated heterocycles. The van der Waals surface area contributed by atoms with Crippen LogP contribution in [0.5, 0.6) is 0 Å². The lowest BCUT2D eigenvalue weighted by Crippen LogP contribution is -2.51. The highest BCUT2D eigenvalue weighted by Gasteiger charge is 2.41. The highest BCUT2D eigenvalue weighted by atomic mass is 32.1. The Morgan fingerprint density at radius 3 is 3.00 bits per heavy atom. The molecule has 7 heteroatoms. The Morgan fingerprint density at radius 1 is 1.29 bits per heavy atom. The second kappa shape index (κ2) is 5.23. The van der Waals surface area contributed by atoms with E-state index >= 15 is 0 Å². The Kier molecular flexibility index (Phi) is 3.23. The van der Waals surface area contributed by atoms with Gasteiger partial charge >= 0.3 is 0 Å². The maximum Gasteiger partial charge on any atom is 0.185 e. The number of fused-ring (bicyclic) bond motifs is 1. The molecule has 2 aliphatic heterocycles. The van der Waals surface area contributed by atoms with E-state index in [2.05, 4.69) is 31.0 Å². The second-order valence-corrected chi connectivity index (χ2v) is 6.30. The van der Waals surface area contributed by atoms with Crippen molar-refractivity contribution in [1.82, 2.24) is 15.2 Å². The van der Waals surface area contributed by atoms with Crippen LogP contribution in [0.3, 0.4) is 0 Å². The molecule has 0 bridgehead atoms. The van der Waals surface area contributed by atoms with Gasteiger partial charge in [0.25, 0.3) is 0 Å². The number of nitrogens with zero attached hydrogens (tertiary/aromatic N) is 5. The van der Waals surface area contributed by atoms with Gasteiger partial charge in [0.1, 0.15) is 0 Å². The highest BCUT2D eigenvalue weighted by molar-refractivity contribution is 7.13. The topological polar surface area (TPSA) is 54.4 Å². The molecule has 4 heterocycles. The number of anilines is 2. The molecule has 0 aromatic carbocycles. The largest absolute Gasteiger partial charge is 0.372 e. The van der Waals surface area contributed by atoms with Gasteiger partial charge in [-0.1, -0.05) is 0 Å². The van der Waals surface area contributed by atoms with E-state index in [4.69, 9.17) is 4.74 Å². The van der Waals surface area contributed by atoms with Crippen LogP contribution in [-0.4, -0.2) is 53.6 Å². The van der Waals surface area contributed by atoms with Crippen LogP contribution in [0.25, 0.3) is 0 Å². The molecule has 4 rings (SSSR count). The summed E-state index contributed by atoms with van der Waals surface area (Å²) in [5.74, 6) is 0.944. The number of hydrogen-bond acceptors (Lipinski definition) is 7. The van der Waals surface area contributed by atoms with Crippen LogP contribution >= 0.6 is 11.3 Å². The Hall–Kier alpha value is -1.73. The number of ether oxygens (including phenoxy) is 1. The van der Waals surface area contributed by atoms with Crippen molar-refractivity contribution >= 4 is 22.3 Å². The summed E-state index contributed by atoms with van der Waals surface area (Å²) in [6, 6.07) is 4.39. The summed E-state index contributed by atoms with van der Waals surface area (Å²) < 4.78 is 5.95. The predicted molar refractivity (Wildman–Crippen MR) is 82.0 cm³/mol. The first-order valence-corrected chi connectivity index (χ1v) is 8.02. The van der Waals surface area contributed by atoms with Crippen molar-refractivity contribution in [2.45, 2.75) is 19.1 Å². The van der Waals surface area contributed by atoms with E-state index in [1.165, 1.54) is 0 Å². The zero-order chi connectivity index (χ0) is 14.2. The van der Waals surface area contributed by atoms with Gasteiger partial charge in [-0.3, -0.25) is 0 Å². The first-order valence-electron chi connectivity index (χ1n) is 7.14. The Balaban J connectivity index is 1.58. The smallest absolute Gasteiger partial charge is 0.185 e. The van der Waals surface area contributed by atoms with Gasteiger partial charge in [0.2, 0.25) is 0 Å². The lowest BCUT2D eigenvalue weighted by atomic mass is 10.1. The van der Waals surface area contributed by atoms with Gasteiger partial charge in [0, 0.05) is 31.2 Å². The van der Waals surface area contributed by atoms with Crippen LogP contribution in [0.1, 0.15) is 5.69 Å². The lowest BCUT2D eigenvalue weighted by Gasteiger charge is -2.37. The van der Waals surface area contributed by atoms with E-state index < -0.39 is 0 Å². The standard InChI is InChI=1S/C14H17N5OS/c1-10-2-3-13(17-16-10)19-5-6-20-12-9-18(8-11(12)19)14-15-4-7-21-14/h2-4,7,11-12H,5-6,8-9H2,1H3/t11-,12+/m1/s1. The molecule has 21 heavy (non-hydrogen) atoms. The highest BCUT2D eigenvalue weighted by Crippen LogP contribution is 2.30. The number of aromatic nitrogens is 3. The van der Waals surface area contributed by atoms with Crippen LogP contribution in [-0.2, 0) is 4.74 Å². The molecule has 2 atom stereocenters. The van der Waals surface area contributed by atoms with Crippen LogP contribution in [0.4, 0.5) is 10.9 Å². The monoisotopic (exact) mass is 303 g/mol. The van der Waals surface area contributed by atoms with Crippen LogP contribution in [0.15, 0.2) is 23.7 Å². The molecule has 0 N–H and O–H groups in total. The Labute approximate surface area is 127 Å². The molecule has 2 aliphatic rings. The number of aryl methyl sites for hydroxylation is 1. The minimum atomic E-state index is 0.214. The van der Waals surface area contributed by atoms with E-state index in [1.54, 1.807) is 11.3 Å². The minimum absolute atomic E-state index is 0.214. The van der Waals surface area contributed by atoms with Gasteiger partial charge < -0.3 is 14.5 Å². The van der Waals surface area contributed by atoms with Crippen LogP contribution in [0, 0.1) is 6.92 Å². The van der Waals surface area contributed by atoms with E-state index in [1.807, 2.05) is 24.6 Å². The summed E-state index contributed by atoms with van der Waals surface area (Å²) in [5.41, 5.74) is 0.944. The number of morpholine rings is 1. The summed E-state index contributed by atoms with van der Waals surface area (Å²) in [6.45, 7) is 5.38. The average Bonchev–Trinajstić information content (AvgIpc) is 3.16. The number of thiazole rings is 1. The minimum Gasteiger partial charge on any atom is -0.372 e. The Bertz CT molecular complexity index is 602. The summed E-state index contributed by atoms with van der Waals surface area (Å²) in [5, 5.41) is 11.6. The maximum absolute atomic E-state index is 5.95. The van der Waals surface area contributed by atoms with Crippen molar-refractivity contribution in [2.75, 3.05) is 36.0 Å². The fraction of sp³-hybridized carbons (Fsp3) is 0.500. The van der Waals surface area contributed by atoms with E-state index in [0.717, 1.165) is 42.9 Å². The molecular weight excluding hydrogens is 286 g/mol. The van der Waals surface area contributed by atoms with Gasteiger partial charge in [-0.2, -0.15) is 5.10 Å². The molecule has 6 nitrogen and oxygen atoms in total. The van der Waals surface area contributed by atoms with Crippen molar-refractivity contribution in [3.05, 3.63) is 29.4 Å². The quantitative estimate of drug-likeness (QED) is 0.834.